The van der Waals surface area contributed by atoms with Crippen LogP contribution in [0.4, 0.5) is 14.9 Å². The zero-order valence-corrected chi connectivity index (χ0v) is 27.2. The number of carbonyl (C=O) groups excluding carboxylic acids is 4. The average Bonchev–Trinajstić information content (AvgIpc) is 3.35. The van der Waals surface area contributed by atoms with Gasteiger partial charge >= 0.3 is 6.09 Å². The number of likely N-dealkylation sites (tertiary alicyclic amines) is 1. The number of halogens is 1. The van der Waals surface area contributed by atoms with E-state index in [0.717, 1.165) is 51.4 Å². The van der Waals surface area contributed by atoms with Crippen LogP contribution in [-0.4, -0.2) is 95.9 Å². The third-order valence-corrected chi connectivity index (χ3v) is 9.90. The second-order valence-corrected chi connectivity index (χ2v) is 14.3. The molecular formula is C34H47FN4O7. The number of ether oxygens (including phenoxy) is 3. The minimum atomic E-state index is -0.765. The first kappa shape index (κ1) is 32.7. The molecule has 11 nitrogen and oxygen atoms in total. The number of nitrogens with one attached hydrogen (secondary N) is 1. The standard InChI is InChI=1S/C34H47FN4O7/c1-34(2,3)46-33(43)38-18-14-24(15-19-38)45-22-6-4-21(5-7-22)44-23-12-16-37(17-13-23)27-9-8-25-26(30(27)35)20-39(32(25)42)28-10-11-29(40)36-31(28)41/h8-9,21-24,28H,4-7,10-20H2,1-3H3,(H,36,40,41)/t21-,22-,28?. The molecule has 0 radical (unpaired) electrons. The molecule has 5 aliphatic rings. The number of anilines is 1. The number of benzene rings is 1. The van der Waals surface area contributed by atoms with Crippen LogP contribution < -0.4 is 10.2 Å². The molecule has 4 aliphatic heterocycles. The smallest absolute Gasteiger partial charge is 0.410 e. The van der Waals surface area contributed by atoms with E-state index in [0.29, 0.717) is 37.4 Å². The molecule has 1 N–H and O–H groups in total. The van der Waals surface area contributed by atoms with E-state index in [1.54, 1.807) is 17.0 Å². The molecule has 1 aromatic carbocycles. The van der Waals surface area contributed by atoms with Gasteiger partial charge in [-0.05, 0) is 90.7 Å². The summed E-state index contributed by atoms with van der Waals surface area (Å²) in [4.78, 5) is 54.5. The van der Waals surface area contributed by atoms with Gasteiger partial charge < -0.3 is 28.9 Å². The summed E-state index contributed by atoms with van der Waals surface area (Å²) < 4.78 is 34.2. The highest BCUT2D eigenvalue weighted by molar-refractivity contribution is 6.05. The molecule has 1 atom stereocenters. The summed E-state index contributed by atoms with van der Waals surface area (Å²) in [6.07, 6.45) is 7.96. The van der Waals surface area contributed by atoms with Gasteiger partial charge in [0, 0.05) is 43.7 Å². The molecule has 1 aliphatic carbocycles. The zero-order valence-electron chi connectivity index (χ0n) is 27.2. The molecule has 0 aromatic heterocycles. The fourth-order valence-electron chi connectivity index (χ4n) is 7.42. The molecule has 252 valence electrons. The first-order valence-electron chi connectivity index (χ1n) is 16.9. The van der Waals surface area contributed by atoms with Crippen molar-refractivity contribution < 1.29 is 37.8 Å². The lowest BCUT2D eigenvalue weighted by Gasteiger charge is -2.38. The summed E-state index contributed by atoms with van der Waals surface area (Å²) in [5, 5.41) is 2.29. The lowest BCUT2D eigenvalue weighted by Crippen LogP contribution is -2.52. The first-order valence-corrected chi connectivity index (χ1v) is 16.9. The topological polar surface area (TPSA) is 118 Å². The Kier molecular flexibility index (Phi) is 9.57. The van der Waals surface area contributed by atoms with Gasteiger partial charge in [-0.25, -0.2) is 9.18 Å². The fourth-order valence-corrected chi connectivity index (χ4v) is 7.42. The van der Waals surface area contributed by atoms with Crippen LogP contribution in [0.25, 0.3) is 0 Å². The Bertz CT molecular complexity index is 1330. The summed E-state index contributed by atoms with van der Waals surface area (Å²) in [6, 6.07) is 2.57. The SMILES string of the molecule is CC(C)(C)OC(=O)N1CCC(O[C@H]2CC[C@H](OC3CCN(c4ccc5c(c4F)CN(C4CCC(=O)NC4=O)C5=O)CC3)CC2)CC1. The van der Waals surface area contributed by atoms with Crippen molar-refractivity contribution in [3.8, 4) is 0 Å². The monoisotopic (exact) mass is 642 g/mol. The van der Waals surface area contributed by atoms with Gasteiger partial charge in [0.25, 0.3) is 5.91 Å². The normalized spacial score (nSPS) is 26.7. The van der Waals surface area contributed by atoms with Crippen molar-refractivity contribution >= 4 is 29.5 Å². The molecule has 4 heterocycles. The van der Waals surface area contributed by atoms with Crippen molar-refractivity contribution in [1.82, 2.24) is 15.1 Å². The Hall–Kier alpha value is -3.25. The summed E-state index contributed by atoms with van der Waals surface area (Å²) in [6.45, 7) is 8.30. The summed E-state index contributed by atoms with van der Waals surface area (Å²) in [7, 11) is 0. The van der Waals surface area contributed by atoms with E-state index in [1.807, 2.05) is 25.7 Å². The molecule has 12 heteroatoms. The summed E-state index contributed by atoms with van der Waals surface area (Å²) in [5.41, 5.74) is 0.591. The van der Waals surface area contributed by atoms with E-state index in [1.165, 1.54) is 4.90 Å². The molecular weight excluding hydrogens is 595 g/mol. The predicted molar refractivity (Wildman–Crippen MR) is 167 cm³/mol. The minimum Gasteiger partial charge on any atom is -0.444 e. The highest BCUT2D eigenvalue weighted by Crippen LogP contribution is 2.36. The second kappa shape index (κ2) is 13.5. The molecule has 46 heavy (non-hydrogen) atoms. The van der Waals surface area contributed by atoms with Crippen LogP contribution in [0.1, 0.15) is 101 Å². The Labute approximate surface area is 270 Å². The molecule has 0 bridgehead atoms. The average molecular weight is 643 g/mol. The molecule has 3 saturated heterocycles. The van der Waals surface area contributed by atoms with E-state index in [2.05, 4.69) is 5.32 Å². The van der Waals surface area contributed by atoms with Crippen LogP contribution in [0, 0.1) is 5.82 Å². The Balaban J connectivity index is 0.925. The van der Waals surface area contributed by atoms with Crippen molar-refractivity contribution in [3.63, 3.8) is 0 Å². The van der Waals surface area contributed by atoms with Crippen LogP contribution in [0.15, 0.2) is 12.1 Å². The van der Waals surface area contributed by atoms with E-state index >= 15 is 4.39 Å². The van der Waals surface area contributed by atoms with E-state index in [-0.39, 0.29) is 67.3 Å². The van der Waals surface area contributed by atoms with Crippen LogP contribution >= 0.6 is 0 Å². The Morgan fingerprint density at radius 1 is 0.826 bits per heavy atom. The van der Waals surface area contributed by atoms with Gasteiger partial charge in [0.15, 0.2) is 5.82 Å². The number of rotatable bonds is 6. The number of imide groups is 1. The van der Waals surface area contributed by atoms with Crippen LogP contribution in [0.3, 0.4) is 0 Å². The van der Waals surface area contributed by atoms with E-state index in [9.17, 15) is 19.2 Å². The quantitative estimate of drug-likeness (QED) is 0.457. The van der Waals surface area contributed by atoms with Crippen molar-refractivity contribution in [1.29, 1.82) is 0 Å². The maximum absolute atomic E-state index is 15.8. The van der Waals surface area contributed by atoms with Gasteiger partial charge in [0.1, 0.15) is 11.6 Å². The number of carbonyl (C=O) groups is 4. The Morgan fingerprint density at radius 2 is 1.39 bits per heavy atom. The molecule has 0 spiro atoms. The molecule has 4 amide bonds. The van der Waals surface area contributed by atoms with Gasteiger partial charge in [-0.2, -0.15) is 0 Å². The zero-order chi connectivity index (χ0) is 32.6. The molecule has 1 aromatic rings. The predicted octanol–water partition coefficient (Wildman–Crippen LogP) is 4.30. The lowest BCUT2D eigenvalue weighted by molar-refractivity contribution is -0.136. The van der Waals surface area contributed by atoms with Crippen molar-refractivity contribution in [3.05, 3.63) is 29.1 Å². The van der Waals surface area contributed by atoms with E-state index < -0.39 is 23.4 Å². The van der Waals surface area contributed by atoms with Gasteiger partial charge in [-0.3, -0.25) is 19.7 Å². The van der Waals surface area contributed by atoms with Gasteiger partial charge in [0.2, 0.25) is 11.8 Å². The van der Waals surface area contributed by atoms with Crippen LogP contribution in [0.5, 0.6) is 0 Å². The third kappa shape index (κ3) is 7.33. The maximum atomic E-state index is 15.8. The van der Waals surface area contributed by atoms with Gasteiger partial charge in [-0.15, -0.1) is 0 Å². The Morgan fingerprint density at radius 3 is 1.96 bits per heavy atom. The largest absolute Gasteiger partial charge is 0.444 e. The van der Waals surface area contributed by atoms with Crippen molar-refractivity contribution in [2.75, 3.05) is 31.1 Å². The second-order valence-electron chi connectivity index (χ2n) is 14.3. The first-order chi connectivity index (χ1) is 21.9. The minimum absolute atomic E-state index is 0.0252. The number of amides is 4. The molecule has 4 fully saturated rings. The molecule has 6 rings (SSSR count). The maximum Gasteiger partial charge on any atom is 0.410 e. The van der Waals surface area contributed by atoms with E-state index in [4.69, 9.17) is 14.2 Å². The summed E-state index contributed by atoms with van der Waals surface area (Å²) in [5.74, 6) is -1.63. The fraction of sp³-hybridized carbons (Fsp3) is 0.706. The number of piperidine rings is 3. The van der Waals surface area contributed by atoms with Crippen molar-refractivity contribution in [2.24, 2.45) is 0 Å². The van der Waals surface area contributed by atoms with Gasteiger partial charge in [0.05, 0.1) is 36.6 Å². The number of hydrogen-bond acceptors (Lipinski definition) is 8. The van der Waals surface area contributed by atoms with Crippen molar-refractivity contribution in [2.45, 2.75) is 128 Å². The molecule has 1 unspecified atom stereocenters. The number of fused-ring (bicyclic) bond motifs is 1. The number of hydrogen-bond donors (Lipinski definition) is 1. The van der Waals surface area contributed by atoms with Crippen LogP contribution in [0.2, 0.25) is 0 Å². The van der Waals surface area contributed by atoms with Gasteiger partial charge in [-0.1, -0.05) is 0 Å². The highest BCUT2D eigenvalue weighted by Gasteiger charge is 2.41. The highest BCUT2D eigenvalue weighted by atomic mass is 19.1. The number of nitrogens with zero attached hydrogens (tertiary/aromatic N) is 3. The molecule has 1 saturated carbocycles. The summed E-state index contributed by atoms with van der Waals surface area (Å²) >= 11 is 0. The van der Waals surface area contributed by atoms with Crippen LogP contribution in [-0.2, 0) is 30.3 Å². The third-order valence-electron chi connectivity index (χ3n) is 9.90. The lowest BCUT2D eigenvalue weighted by atomic mass is 9.93.